The molecule has 0 unspecified atom stereocenters. The van der Waals surface area contributed by atoms with Crippen LogP contribution in [-0.2, 0) is 4.74 Å². The molecule has 2 heterocycles. The van der Waals surface area contributed by atoms with Crippen molar-refractivity contribution in [1.82, 2.24) is 5.27 Å². The van der Waals surface area contributed by atoms with Crippen LogP contribution in [0.25, 0.3) is 0 Å². The number of hydrogen-bond donors (Lipinski definition) is 0. The first kappa shape index (κ1) is 14.9. The summed E-state index contributed by atoms with van der Waals surface area (Å²) < 4.78 is 10.3. The van der Waals surface area contributed by atoms with E-state index in [0.29, 0.717) is 13.2 Å². The Labute approximate surface area is 132 Å². The average molecular weight is 320 g/mol. The molecule has 116 valence electrons. The largest absolute Gasteiger partial charge is 0.861 e. The Morgan fingerprint density at radius 1 is 1.32 bits per heavy atom. The molecule has 0 atom stereocenters. The van der Waals surface area contributed by atoms with Crippen LogP contribution in [0.5, 0.6) is 0 Å². The van der Waals surface area contributed by atoms with Gasteiger partial charge in [-0.1, -0.05) is 18.2 Å². The van der Waals surface area contributed by atoms with Gasteiger partial charge in [0.1, 0.15) is 0 Å². The molecule has 1 aliphatic heterocycles. The minimum absolute atomic E-state index is 0.213. The van der Waals surface area contributed by atoms with Crippen LogP contribution in [0.2, 0.25) is 0 Å². The normalized spacial score (nSPS) is 16.0. The molecule has 0 aliphatic carbocycles. The summed E-state index contributed by atoms with van der Waals surface area (Å²) in [6, 6.07) is 9.73. The molecule has 0 N–H and O–H groups in total. The molecule has 0 spiro atoms. The van der Waals surface area contributed by atoms with Crippen LogP contribution in [-0.4, -0.2) is 43.2 Å². The molecular weight excluding hydrogens is 304 g/mol. The van der Waals surface area contributed by atoms with Gasteiger partial charge in [0.25, 0.3) is 6.20 Å². The zero-order valence-corrected chi connectivity index (χ0v) is 12.7. The van der Waals surface area contributed by atoms with E-state index in [1.54, 1.807) is 11.0 Å². The van der Waals surface area contributed by atoms with Gasteiger partial charge in [0.2, 0.25) is 5.27 Å². The van der Waals surface area contributed by atoms with Crippen molar-refractivity contribution in [1.29, 1.82) is 0 Å². The summed E-state index contributed by atoms with van der Waals surface area (Å²) in [6.45, 7) is 2.76. The van der Waals surface area contributed by atoms with Crippen LogP contribution in [0, 0.1) is 0 Å². The number of nitrogens with zero attached hydrogens (tertiary/aromatic N) is 4. The second kappa shape index (κ2) is 7.28. The summed E-state index contributed by atoms with van der Waals surface area (Å²) >= 11 is 1.44. The molecule has 2 aromatic rings. The zero-order valence-electron chi connectivity index (χ0n) is 11.9. The van der Waals surface area contributed by atoms with Crippen molar-refractivity contribution in [2.45, 2.75) is 4.90 Å². The highest BCUT2D eigenvalue weighted by molar-refractivity contribution is 8.00. The van der Waals surface area contributed by atoms with E-state index in [9.17, 15) is 5.11 Å². The maximum absolute atomic E-state index is 11.9. The number of benzene rings is 1. The number of thioether (sulfide) groups is 1. The minimum atomic E-state index is -0.251. The van der Waals surface area contributed by atoms with Gasteiger partial charge in [0.05, 0.1) is 31.1 Å². The van der Waals surface area contributed by atoms with Crippen molar-refractivity contribution in [2.75, 3.05) is 37.1 Å². The lowest BCUT2D eigenvalue weighted by atomic mass is 10.4. The van der Waals surface area contributed by atoms with Crippen LogP contribution < -0.4 is 14.9 Å². The first-order chi connectivity index (χ1) is 10.8. The maximum atomic E-state index is 11.9. The number of aliphatic imine (C=N–C) groups is 1. The van der Waals surface area contributed by atoms with E-state index in [2.05, 4.69) is 10.3 Å². The molecule has 1 saturated heterocycles. The van der Waals surface area contributed by atoms with Gasteiger partial charge in [0, 0.05) is 10.6 Å². The van der Waals surface area contributed by atoms with Crippen molar-refractivity contribution in [2.24, 2.45) is 4.99 Å². The average Bonchev–Trinajstić information content (AvgIpc) is 3.03. The Bertz CT molecular complexity index is 626. The molecule has 22 heavy (non-hydrogen) atoms. The first-order valence-corrected chi connectivity index (χ1v) is 7.94. The van der Waals surface area contributed by atoms with E-state index in [1.165, 1.54) is 11.8 Å². The zero-order chi connectivity index (χ0) is 15.2. The molecule has 0 radical (unpaired) electrons. The Balaban J connectivity index is 1.58. The molecule has 1 aromatic carbocycles. The molecule has 3 rings (SSSR count). The standard InChI is InChI=1S/C14H16N4O3S/c19-13(11-22-12-4-2-1-3-5-12)15-14-10-18(16-21-14)17-6-8-20-9-7-17/h1-5,10H,6-9,11H2. The molecule has 1 fully saturated rings. The predicted octanol–water partition coefficient (Wildman–Crippen LogP) is 0.113. The summed E-state index contributed by atoms with van der Waals surface area (Å²) in [5.41, 5.74) is 0. The fraction of sp³-hybridized carbons (Fsp3) is 0.357. The second-order valence-electron chi connectivity index (χ2n) is 4.63. The quantitative estimate of drug-likeness (QED) is 0.337. The number of aromatic nitrogens is 2. The predicted molar refractivity (Wildman–Crippen MR) is 79.7 cm³/mol. The van der Waals surface area contributed by atoms with Crippen LogP contribution in [0.15, 0.2) is 50.9 Å². The Morgan fingerprint density at radius 2 is 2.09 bits per heavy atom. The topological polar surface area (TPSA) is 77.8 Å². The van der Waals surface area contributed by atoms with Gasteiger partial charge in [-0.2, -0.15) is 0 Å². The molecule has 1 aliphatic rings. The lowest BCUT2D eigenvalue weighted by Crippen LogP contribution is -2.62. The number of ether oxygens (including phenoxy) is 1. The molecule has 0 bridgehead atoms. The molecule has 8 heteroatoms. The summed E-state index contributed by atoms with van der Waals surface area (Å²) in [4.78, 5) is 6.52. The summed E-state index contributed by atoms with van der Waals surface area (Å²) in [5, 5.41) is 17.7. The monoisotopic (exact) mass is 320 g/mol. The minimum Gasteiger partial charge on any atom is -0.861 e. The molecule has 1 aromatic heterocycles. The number of hydrogen-bond acceptors (Lipinski definition) is 7. The van der Waals surface area contributed by atoms with E-state index < -0.39 is 0 Å². The van der Waals surface area contributed by atoms with Gasteiger partial charge in [0.15, 0.2) is 0 Å². The maximum Gasteiger partial charge on any atom is 0.324 e. The summed E-state index contributed by atoms with van der Waals surface area (Å²) in [7, 11) is 0. The van der Waals surface area contributed by atoms with Gasteiger partial charge in [-0.15, -0.1) is 16.8 Å². The molecule has 0 saturated carbocycles. The first-order valence-electron chi connectivity index (χ1n) is 6.95. The summed E-state index contributed by atoms with van der Waals surface area (Å²) in [6.07, 6.45) is 1.61. The van der Waals surface area contributed by atoms with E-state index in [0.717, 1.165) is 18.0 Å². The second-order valence-corrected chi connectivity index (χ2v) is 5.68. The van der Waals surface area contributed by atoms with Gasteiger partial charge in [-0.3, -0.25) is 4.52 Å². The van der Waals surface area contributed by atoms with Crippen LogP contribution in [0.1, 0.15) is 0 Å². The highest BCUT2D eigenvalue weighted by atomic mass is 32.2. The van der Waals surface area contributed by atoms with Gasteiger partial charge >= 0.3 is 5.88 Å². The van der Waals surface area contributed by atoms with Crippen LogP contribution >= 0.6 is 11.8 Å². The lowest BCUT2D eigenvalue weighted by Gasteiger charge is -2.18. The van der Waals surface area contributed by atoms with E-state index in [1.807, 2.05) is 35.3 Å². The van der Waals surface area contributed by atoms with Crippen LogP contribution in [0.3, 0.4) is 0 Å². The third kappa shape index (κ3) is 3.99. The van der Waals surface area contributed by atoms with Crippen molar-refractivity contribution in [3.05, 3.63) is 36.5 Å². The molecule has 0 amide bonds. The fourth-order valence-electron chi connectivity index (χ4n) is 1.99. The van der Waals surface area contributed by atoms with E-state index in [-0.39, 0.29) is 17.5 Å². The SMILES string of the molecule is [O-]/C(CSc1ccccc1)=N/c1c[n+](N2CCOCC2)no1. The van der Waals surface area contributed by atoms with Gasteiger partial charge < -0.3 is 9.84 Å². The molecule has 7 nitrogen and oxygen atoms in total. The Hall–Kier alpha value is -2.06. The van der Waals surface area contributed by atoms with Crippen molar-refractivity contribution < 1.29 is 19.2 Å². The smallest absolute Gasteiger partial charge is 0.324 e. The van der Waals surface area contributed by atoms with Crippen molar-refractivity contribution >= 4 is 23.5 Å². The Kier molecular flexibility index (Phi) is 4.92. The third-order valence-corrected chi connectivity index (χ3v) is 4.06. The van der Waals surface area contributed by atoms with Crippen molar-refractivity contribution in [3.8, 4) is 0 Å². The van der Waals surface area contributed by atoms with Crippen molar-refractivity contribution in [3.63, 3.8) is 0 Å². The van der Waals surface area contributed by atoms with Gasteiger partial charge in [-0.05, 0) is 18.0 Å². The summed E-state index contributed by atoms with van der Waals surface area (Å²) in [5.74, 6) is 0.228. The van der Waals surface area contributed by atoms with E-state index in [4.69, 9.17) is 9.26 Å². The van der Waals surface area contributed by atoms with Crippen LogP contribution in [0.4, 0.5) is 5.88 Å². The highest BCUT2D eigenvalue weighted by Crippen LogP contribution is 2.17. The highest BCUT2D eigenvalue weighted by Gasteiger charge is 2.22. The third-order valence-electron chi connectivity index (χ3n) is 3.06. The lowest BCUT2D eigenvalue weighted by molar-refractivity contribution is -0.759. The molecular formula is C14H16N4O3S. The number of morpholine rings is 1. The van der Waals surface area contributed by atoms with E-state index >= 15 is 0 Å². The number of rotatable bonds is 5. The fourth-order valence-corrected chi connectivity index (χ4v) is 2.69. The van der Waals surface area contributed by atoms with Gasteiger partial charge in [-0.25, -0.2) is 4.99 Å². The Morgan fingerprint density at radius 3 is 2.86 bits per heavy atom.